The molecule has 2 atom stereocenters. The molecule has 4 rings (SSSR count). The Morgan fingerprint density at radius 3 is 2.66 bits per heavy atom. The Morgan fingerprint density at radius 1 is 1.24 bits per heavy atom. The van der Waals surface area contributed by atoms with Crippen LogP contribution in [0.3, 0.4) is 0 Å². The van der Waals surface area contributed by atoms with Crippen molar-refractivity contribution in [3.8, 4) is 5.75 Å². The van der Waals surface area contributed by atoms with Crippen LogP contribution in [0.1, 0.15) is 6.42 Å². The lowest BCUT2D eigenvalue weighted by atomic mass is 10.2. The van der Waals surface area contributed by atoms with Gasteiger partial charge in [0.25, 0.3) is 0 Å². The van der Waals surface area contributed by atoms with Crippen LogP contribution >= 0.6 is 23.2 Å². The van der Waals surface area contributed by atoms with Crippen molar-refractivity contribution < 1.29 is 18.3 Å². The maximum absolute atomic E-state index is 13.1. The zero-order valence-corrected chi connectivity index (χ0v) is 17.2. The molecule has 154 valence electrons. The number of phenolic OH excluding ortho intramolecular Hbond substituents is 1. The van der Waals surface area contributed by atoms with E-state index in [0.717, 1.165) is 0 Å². The maximum atomic E-state index is 13.1. The molecule has 2 aliphatic rings. The summed E-state index contributed by atoms with van der Waals surface area (Å²) < 4.78 is 27.6. The van der Waals surface area contributed by atoms with Gasteiger partial charge in [-0.25, -0.2) is 18.2 Å². The third-order valence-corrected chi connectivity index (χ3v) is 7.63. The van der Waals surface area contributed by atoms with Crippen LogP contribution in [0.25, 0.3) is 0 Å². The van der Waals surface area contributed by atoms with E-state index < -0.39 is 26.7 Å². The van der Waals surface area contributed by atoms with Crippen LogP contribution in [0.4, 0.5) is 16.2 Å². The number of pyridine rings is 1. The highest BCUT2D eigenvalue weighted by Gasteiger charge is 2.45. The summed E-state index contributed by atoms with van der Waals surface area (Å²) in [4.78, 5) is 15.7. The Balaban J connectivity index is 1.60. The molecule has 1 aromatic carbocycles. The van der Waals surface area contributed by atoms with Crippen LogP contribution in [0.5, 0.6) is 5.75 Å². The van der Waals surface area contributed by atoms with Crippen molar-refractivity contribution in [3.63, 3.8) is 0 Å². The van der Waals surface area contributed by atoms with Gasteiger partial charge in [-0.2, -0.15) is 4.31 Å². The fourth-order valence-corrected chi connectivity index (χ4v) is 6.03. The molecule has 3 heterocycles. The Hall–Kier alpha value is -2.11. The summed E-state index contributed by atoms with van der Waals surface area (Å²) >= 11 is 12.0. The number of hydrogen-bond acceptors (Lipinski definition) is 6. The SMILES string of the molecule is O=C(Nc1cccnc1Cl)Nc1ccc(Cl)c(S(=O)(=O)N2C[C@H]3C[C@@H]2CN3)c1O. The number of carbonyl (C=O) groups is 1. The van der Waals surface area contributed by atoms with Crippen LogP contribution in [0.15, 0.2) is 35.4 Å². The standard InChI is InChI=1S/C17H17Cl2N5O4S/c18-11-3-4-12(22-17(26)23-13-2-1-5-20-16(13)19)14(25)15(11)29(27,28)24-8-9-6-10(24)7-21-9/h1-5,9-10,21,25H,6-8H2,(H2,22,23,26)/t9-,10-/m1/s1. The topological polar surface area (TPSA) is 124 Å². The second kappa shape index (κ2) is 7.62. The van der Waals surface area contributed by atoms with Crippen LogP contribution in [-0.2, 0) is 10.0 Å². The molecule has 0 aliphatic carbocycles. The average molecular weight is 458 g/mol. The number of benzene rings is 1. The van der Waals surface area contributed by atoms with E-state index in [1.807, 2.05) is 0 Å². The molecule has 4 N–H and O–H groups in total. The lowest BCUT2D eigenvalue weighted by molar-refractivity contribution is 0.262. The van der Waals surface area contributed by atoms with Crippen molar-refractivity contribution in [1.29, 1.82) is 0 Å². The van der Waals surface area contributed by atoms with Crippen LogP contribution < -0.4 is 16.0 Å². The predicted octanol–water partition coefficient (Wildman–Crippen LogP) is 2.47. The summed E-state index contributed by atoms with van der Waals surface area (Å²) in [5, 5.41) is 18.7. The number of anilines is 2. The molecule has 2 saturated heterocycles. The highest BCUT2D eigenvalue weighted by molar-refractivity contribution is 7.89. The summed E-state index contributed by atoms with van der Waals surface area (Å²) in [5.74, 6) is -0.624. The fraction of sp³-hybridized carbons (Fsp3) is 0.294. The third-order valence-electron chi connectivity index (χ3n) is 4.91. The molecule has 0 radical (unpaired) electrons. The first-order valence-electron chi connectivity index (χ1n) is 8.72. The van der Waals surface area contributed by atoms with Gasteiger partial charge in [0.2, 0.25) is 10.0 Å². The van der Waals surface area contributed by atoms with Crippen LogP contribution in [0.2, 0.25) is 10.2 Å². The van der Waals surface area contributed by atoms with E-state index in [2.05, 4.69) is 20.9 Å². The molecule has 2 bridgehead atoms. The Bertz CT molecular complexity index is 1080. The molecule has 2 aliphatic heterocycles. The van der Waals surface area contributed by atoms with E-state index >= 15 is 0 Å². The van der Waals surface area contributed by atoms with Crippen molar-refractivity contribution in [3.05, 3.63) is 40.6 Å². The van der Waals surface area contributed by atoms with E-state index in [9.17, 15) is 18.3 Å². The van der Waals surface area contributed by atoms with Gasteiger partial charge in [-0.1, -0.05) is 23.2 Å². The summed E-state index contributed by atoms with van der Waals surface area (Å²) in [7, 11) is -4.05. The first-order chi connectivity index (χ1) is 13.8. The molecule has 9 nitrogen and oxygen atoms in total. The van der Waals surface area contributed by atoms with Crippen molar-refractivity contribution in [1.82, 2.24) is 14.6 Å². The highest BCUT2D eigenvalue weighted by Crippen LogP contribution is 2.41. The molecule has 2 amide bonds. The summed E-state index contributed by atoms with van der Waals surface area (Å²) in [6.07, 6.45) is 2.18. The second-order valence-corrected chi connectivity index (χ2v) is 9.36. The molecule has 2 fully saturated rings. The lowest BCUT2D eigenvalue weighted by Crippen LogP contribution is -2.46. The van der Waals surface area contributed by atoms with E-state index in [4.69, 9.17) is 23.2 Å². The molecular formula is C17H17Cl2N5O4S. The minimum absolute atomic E-state index is 0.0870. The maximum Gasteiger partial charge on any atom is 0.323 e. The minimum Gasteiger partial charge on any atom is -0.504 e. The molecular weight excluding hydrogens is 441 g/mol. The number of sulfonamides is 1. The number of phenols is 1. The zero-order chi connectivity index (χ0) is 20.8. The molecule has 0 spiro atoms. The third kappa shape index (κ3) is 3.74. The van der Waals surface area contributed by atoms with Gasteiger partial charge in [0.15, 0.2) is 10.9 Å². The largest absolute Gasteiger partial charge is 0.504 e. The van der Waals surface area contributed by atoms with Gasteiger partial charge in [0, 0.05) is 31.4 Å². The molecule has 2 aromatic rings. The number of piperazine rings is 1. The fourth-order valence-electron chi connectivity index (χ4n) is 3.58. The normalized spacial score (nSPS) is 21.3. The van der Waals surface area contributed by atoms with Crippen LogP contribution in [-0.4, -0.2) is 54.0 Å². The van der Waals surface area contributed by atoms with E-state index in [-0.39, 0.29) is 33.6 Å². The van der Waals surface area contributed by atoms with E-state index in [0.29, 0.717) is 19.5 Å². The quantitative estimate of drug-likeness (QED) is 0.412. The van der Waals surface area contributed by atoms with Gasteiger partial charge in [-0.05, 0) is 30.7 Å². The zero-order valence-electron chi connectivity index (χ0n) is 14.9. The van der Waals surface area contributed by atoms with Gasteiger partial charge < -0.3 is 21.1 Å². The molecule has 1 aromatic heterocycles. The predicted molar refractivity (Wildman–Crippen MR) is 109 cm³/mol. The smallest absolute Gasteiger partial charge is 0.323 e. The number of urea groups is 1. The van der Waals surface area contributed by atoms with Gasteiger partial charge in [-0.3, -0.25) is 0 Å². The van der Waals surface area contributed by atoms with Gasteiger partial charge >= 0.3 is 6.03 Å². The molecule has 0 saturated carbocycles. The molecule has 12 heteroatoms. The van der Waals surface area contributed by atoms with Crippen molar-refractivity contribution in [2.75, 3.05) is 23.7 Å². The number of amides is 2. The number of nitrogens with one attached hydrogen (secondary N) is 3. The van der Waals surface area contributed by atoms with E-state index in [1.54, 1.807) is 12.1 Å². The Labute approximate surface area is 177 Å². The average Bonchev–Trinajstić information content (AvgIpc) is 3.30. The molecule has 29 heavy (non-hydrogen) atoms. The molecule has 0 unspecified atom stereocenters. The minimum atomic E-state index is -4.05. The second-order valence-electron chi connectivity index (χ2n) is 6.76. The first kappa shape index (κ1) is 20.2. The number of aromatic nitrogens is 1. The summed E-state index contributed by atoms with van der Waals surface area (Å²) in [6.45, 7) is 0.856. The number of hydrogen-bond donors (Lipinski definition) is 4. The highest BCUT2D eigenvalue weighted by atomic mass is 35.5. The number of aromatic hydroxyl groups is 1. The lowest BCUT2D eigenvalue weighted by Gasteiger charge is -2.27. The van der Waals surface area contributed by atoms with Crippen LogP contribution in [0, 0.1) is 0 Å². The van der Waals surface area contributed by atoms with Gasteiger partial charge in [-0.15, -0.1) is 0 Å². The van der Waals surface area contributed by atoms with Gasteiger partial charge in [0.05, 0.1) is 16.4 Å². The number of halogens is 2. The Kier molecular flexibility index (Phi) is 5.30. The van der Waals surface area contributed by atoms with Gasteiger partial charge in [0.1, 0.15) is 4.90 Å². The Morgan fingerprint density at radius 2 is 2.00 bits per heavy atom. The monoisotopic (exact) mass is 457 g/mol. The van der Waals surface area contributed by atoms with Crippen molar-refractivity contribution >= 4 is 50.6 Å². The van der Waals surface area contributed by atoms with Crippen molar-refractivity contribution in [2.45, 2.75) is 23.4 Å². The first-order valence-corrected chi connectivity index (χ1v) is 10.9. The van der Waals surface area contributed by atoms with Crippen molar-refractivity contribution in [2.24, 2.45) is 0 Å². The number of carbonyl (C=O) groups excluding carboxylic acids is 1. The number of nitrogens with zero attached hydrogens (tertiary/aromatic N) is 2. The number of fused-ring (bicyclic) bond motifs is 2. The summed E-state index contributed by atoms with van der Waals surface area (Å²) in [5.41, 5.74) is 0.154. The van der Waals surface area contributed by atoms with E-state index in [1.165, 1.54) is 22.6 Å². The number of rotatable bonds is 4. The summed E-state index contributed by atoms with van der Waals surface area (Å²) in [6, 6.07) is 4.94.